The molecule has 64 heavy (non-hydrogen) atoms. The van der Waals surface area contributed by atoms with Gasteiger partial charge in [0, 0.05) is 24.3 Å². The van der Waals surface area contributed by atoms with E-state index in [1.807, 2.05) is 0 Å². The summed E-state index contributed by atoms with van der Waals surface area (Å²) in [5.41, 5.74) is 1.75. The van der Waals surface area contributed by atoms with Crippen molar-refractivity contribution in [2.45, 2.75) is 94.8 Å². The number of carbonyl (C=O) groups excluding carboxylic acids is 4. The molecule has 1 fully saturated rings. The van der Waals surface area contributed by atoms with E-state index in [0.29, 0.717) is 17.5 Å². The van der Waals surface area contributed by atoms with Crippen LogP contribution in [0.15, 0.2) is 120 Å². The van der Waals surface area contributed by atoms with E-state index in [2.05, 4.69) is 91.0 Å². The molecule has 0 aliphatic heterocycles. The fourth-order valence-electron chi connectivity index (χ4n) is 10.7. The number of amides is 1. The number of rotatable bonds is 18. The van der Waals surface area contributed by atoms with Gasteiger partial charge in [-0.3, -0.25) is 24.1 Å². The summed E-state index contributed by atoms with van der Waals surface area (Å²) in [6.45, 7) is 1.69. The van der Waals surface area contributed by atoms with Crippen molar-refractivity contribution in [1.82, 2.24) is 4.90 Å². The van der Waals surface area contributed by atoms with Crippen LogP contribution in [-0.4, -0.2) is 91.7 Å². The van der Waals surface area contributed by atoms with E-state index < -0.39 is 82.9 Å². The predicted octanol–water partition coefficient (Wildman–Crippen LogP) is 6.11. The third kappa shape index (κ3) is 8.24. The van der Waals surface area contributed by atoms with E-state index >= 15 is 0 Å². The van der Waals surface area contributed by atoms with Crippen LogP contribution in [0, 0.1) is 11.8 Å². The summed E-state index contributed by atoms with van der Waals surface area (Å²) in [7, 11) is 1.09. The Balaban J connectivity index is 0.944. The Morgan fingerprint density at radius 3 is 1.77 bits per heavy atom. The number of phenolic OH excluding ortho intramolecular Hbond substituents is 1. The second-order valence-electron chi connectivity index (χ2n) is 17.9. The summed E-state index contributed by atoms with van der Waals surface area (Å²) >= 11 is 0. The van der Waals surface area contributed by atoms with Crippen molar-refractivity contribution in [1.29, 1.82) is 0 Å². The van der Waals surface area contributed by atoms with Crippen molar-refractivity contribution in [3.63, 3.8) is 0 Å². The van der Waals surface area contributed by atoms with Gasteiger partial charge < -0.3 is 31.3 Å². The van der Waals surface area contributed by atoms with E-state index in [0.717, 1.165) is 51.1 Å². The summed E-state index contributed by atoms with van der Waals surface area (Å²) in [6.07, 6.45) is 7.39. The molecular weight excluding hydrogens is 828 g/mol. The molecule has 6 atom stereocenters. The second-order valence-corrected chi connectivity index (χ2v) is 21.5. The maximum atomic E-state index is 14.3. The lowest BCUT2D eigenvalue weighted by atomic mass is 9.54. The van der Waals surface area contributed by atoms with E-state index in [4.69, 9.17) is 5.73 Å². The van der Waals surface area contributed by atoms with Crippen molar-refractivity contribution in [3.8, 4) is 5.75 Å². The average Bonchev–Trinajstić information content (AvgIpc) is 3.28. The normalized spacial score (nSPS) is 23.2. The number of aliphatic hydroxyl groups excluding tert-OH is 3. The number of aromatic hydroxyl groups is 1. The van der Waals surface area contributed by atoms with Gasteiger partial charge in [-0.15, -0.1) is 0 Å². The molecule has 0 saturated heterocycles. The minimum absolute atomic E-state index is 0.0461. The van der Waals surface area contributed by atoms with Crippen LogP contribution in [0.25, 0.3) is 5.76 Å². The zero-order chi connectivity index (χ0) is 45.9. The van der Waals surface area contributed by atoms with Gasteiger partial charge in [-0.2, -0.15) is 0 Å². The van der Waals surface area contributed by atoms with Crippen molar-refractivity contribution < 1.29 is 44.7 Å². The van der Waals surface area contributed by atoms with Crippen LogP contribution in [0.5, 0.6) is 5.75 Å². The fraction of sp³-hybridized carbons (Fsp3) is 0.385. The third-order valence-corrected chi connectivity index (χ3v) is 18.5. The van der Waals surface area contributed by atoms with E-state index in [9.17, 15) is 44.7 Å². The molecule has 3 aliphatic carbocycles. The minimum Gasteiger partial charge on any atom is -0.508 e. The average molecular weight is 888 g/mol. The highest BCUT2D eigenvalue weighted by atomic mass is 31.2. The molecule has 0 heterocycles. The first kappa shape index (κ1) is 46.5. The third-order valence-electron chi connectivity index (χ3n) is 13.9. The van der Waals surface area contributed by atoms with Crippen LogP contribution in [0.4, 0.5) is 0 Å². The number of aliphatic hydroxyl groups is 4. The van der Waals surface area contributed by atoms with Crippen molar-refractivity contribution >= 4 is 52.2 Å². The summed E-state index contributed by atoms with van der Waals surface area (Å²) in [5.74, 6) is -9.27. The number of aryl methyl sites for hydroxylation is 1. The molecule has 336 valence electrons. The predicted molar refractivity (Wildman–Crippen MR) is 251 cm³/mol. The first-order chi connectivity index (χ1) is 30.7. The molecule has 0 aromatic heterocycles. The van der Waals surface area contributed by atoms with Gasteiger partial charge in [0.25, 0.3) is 5.91 Å². The minimum atomic E-state index is -2.98. The lowest BCUT2D eigenvalue weighted by molar-refractivity contribution is -0.169. The number of hydrogen-bond donors (Lipinski definition) is 6. The number of nitrogens with two attached hydrogens (primary N) is 1. The number of Topliss-reactive ketones (excluding diaryl/α,β-unsaturated/α-hetero) is 3. The van der Waals surface area contributed by atoms with Gasteiger partial charge in [0.05, 0.1) is 29.8 Å². The van der Waals surface area contributed by atoms with Gasteiger partial charge >= 0.3 is 0 Å². The van der Waals surface area contributed by atoms with Crippen LogP contribution in [0.2, 0.25) is 0 Å². The molecule has 0 radical (unpaired) electrons. The molecule has 0 unspecified atom stereocenters. The van der Waals surface area contributed by atoms with Crippen molar-refractivity contribution in [2.24, 2.45) is 17.6 Å². The smallest absolute Gasteiger partial charge is 0.255 e. The second kappa shape index (κ2) is 19.3. The number of likely N-dealkylation sites (N-methyl/N-ethyl adjacent to an activating group) is 1. The van der Waals surface area contributed by atoms with Crippen LogP contribution in [0.1, 0.15) is 87.3 Å². The Kier molecular flexibility index (Phi) is 14.1. The topological polar surface area (TPSA) is 199 Å². The van der Waals surface area contributed by atoms with Gasteiger partial charge in [0.2, 0.25) is 5.78 Å². The lowest BCUT2D eigenvalue weighted by Gasteiger charge is -2.53. The van der Waals surface area contributed by atoms with Gasteiger partial charge in [-0.05, 0) is 93.2 Å². The number of nitrogens with zero attached hydrogens (tertiary/aromatic N) is 1. The number of carbonyl (C=O) groups is 4. The van der Waals surface area contributed by atoms with Gasteiger partial charge in [0.15, 0.2) is 11.4 Å². The molecule has 7 N–H and O–H groups in total. The molecule has 1 saturated carbocycles. The van der Waals surface area contributed by atoms with Crippen LogP contribution in [-0.2, 0) is 25.6 Å². The molecule has 4 aromatic carbocycles. The molecule has 7 rings (SSSR count). The number of unbranched alkanes of at least 4 members (excludes halogenated alkanes) is 6. The Morgan fingerprint density at radius 1 is 0.734 bits per heavy atom. The molecule has 0 spiro atoms. The molecule has 0 bridgehead atoms. The zero-order valence-corrected chi connectivity index (χ0v) is 37.7. The molecule has 4 aromatic rings. The van der Waals surface area contributed by atoms with Gasteiger partial charge in [-0.1, -0.05) is 99.3 Å². The number of hydrogen-bond acceptors (Lipinski definition) is 10. The first-order valence-corrected chi connectivity index (χ1v) is 24.4. The summed E-state index contributed by atoms with van der Waals surface area (Å²) in [5, 5.41) is 62.4. The summed E-state index contributed by atoms with van der Waals surface area (Å²) < 4.78 is 0. The lowest BCUT2D eigenvalue weighted by Crippen LogP contribution is -2.70. The Morgan fingerprint density at radius 2 is 1.25 bits per heavy atom. The van der Waals surface area contributed by atoms with E-state index in [1.54, 1.807) is 19.1 Å². The van der Waals surface area contributed by atoms with Gasteiger partial charge in [0.1, 0.15) is 51.8 Å². The van der Waals surface area contributed by atoms with Crippen molar-refractivity contribution in [2.75, 3.05) is 20.3 Å². The number of phenols is 1. The van der Waals surface area contributed by atoms with Crippen LogP contribution < -0.4 is 21.6 Å². The molecule has 11 nitrogen and oxygen atoms in total. The largest absolute Gasteiger partial charge is 0.508 e. The highest BCUT2D eigenvalue weighted by Gasteiger charge is 2.68. The quantitative estimate of drug-likeness (QED) is 0.0385. The summed E-state index contributed by atoms with van der Waals surface area (Å²) in [6, 6.07) is 34.8. The van der Waals surface area contributed by atoms with Crippen molar-refractivity contribution in [3.05, 3.63) is 137 Å². The SMILES string of the molecule is C[C@H]1c2ccc(CCC(=O)CCCCCCCCC[P+](c3ccccc3)(c3ccccc3)c3ccccc3)c(O)c2C(O)=C2C(=O)[C@]3(O)C(O)=C(C(N)=O)C(=O)[C@@H](N(C)C)[C@@H]3[C@@H](O)[C@@H]21. The molecule has 1 amide bonds. The molecule has 3 aliphatic rings. The monoisotopic (exact) mass is 887 g/mol. The number of ketones is 3. The Hall–Kier alpha value is -5.45. The Bertz CT molecular complexity index is 2360. The van der Waals surface area contributed by atoms with E-state index in [1.165, 1.54) is 34.9 Å². The highest BCUT2D eigenvalue weighted by molar-refractivity contribution is 7.95. The standard InChI is InChI=1S/C52H59N2O9P/c1-32-38-30-28-33(45(56)40(38)46(57)41-39(32)47(58)43-44(54(2)3)48(59)42(51(53)62)50(61)52(43,63)49(41)60)27-29-34(55)20-12-7-5-4-6-8-19-31-64(35-21-13-9-14-22-35,36-23-15-10-16-24-36)37-25-17-11-18-26-37/h9-11,13-18,21-26,28,30,32,39,43-44,47,58,63H,4-8,12,19-20,27,29,31H2,1-3H3,(H4-,53,56,57,59,60,61,62)/p+1/t32-,39+,43+,44-,47-,52-/m0/s1. The van der Waals surface area contributed by atoms with Gasteiger partial charge in [-0.25, -0.2) is 0 Å². The number of fused-ring (bicyclic) bond motifs is 3. The molecular formula is C52H60N2O9P+. The zero-order valence-electron chi connectivity index (χ0n) is 36.8. The Labute approximate surface area is 375 Å². The number of benzene rings is 4. The van der Waals surface area contributed by atoms with E-state index in [-0.39, 0.29) is 29.9 Å². The number of primary amides is 1. The molecule has 12 heteroatoms. The first-order valence-electron chi connectivity index (χ1n) is 22.4. The highest BCUT2D eigenvalue weighted by Crippen LogP contribution is 2.57. The fourth-order valence-corrected chi connectivity index (χ4v) is 15.1. The van der Waals surface area contributed by atoms with Crippen LogP contribution in [0.3, 0.4) is 0 Å². The summed E-state index contributed by atoms with van der Waals surface area (Å²) in [4.78, 5) is 54.4. The maximum Gasteiger partial charge on any atom is 0.255 e. The van der Waals surface area contributed by atoms with Crippen LogP contribution >= 0.6 is 7.26 Å². The maximum absolute atomic E-state index is 14.3.